The SMILES string of the molecule is O=C(NCc1cnn(-c2ccc(Cl)cc2)c1)C1CCN(C(=O)Nc2ccccc2)CC1. The molecule has 0 atom stereocenters. The molecule has 0 unspecified atom stereocenters. The van der Waals surface area contributed by atoms with Crippen LogP contribution in [0.25, 0.3) is 5.69 Å². The van der Waals surface area contributed by atoms with E-state index in [0.717, 1.165) is 16.9 Å². The highest BCUT2D eigenvalue weighted by Crippen LogP contribution is 2.19. The minimum Gasteiger partial charge on any atom is -0.352 e. The van der Waals surface area contributed by atoms with Gasteiger partial charge in [-0.05, 0) is 49.2 Å². The number of piperidine rings is 1. The summed E-state index contributed by atoms with van der Waals surface area (Å²) in [5.74, 6) is -0.0746. The molecule has 0 aliphatic carbocycles. The van der Waals surface area contributed by atoms with Crippen LogP contribution in [0, 0.1) is 5.92 Å². The maximum Gasteiger partial charge on any atom is 0.321 e. The number of hydrogen-bond donors (Lipinski definition) is 2. The molecule has 2 aromatic carbocycles. The third-order valence-corrected chi connectivity index (χ3v) is 5.62. The molecule has 31 heavy (non-hydrogen) atoms. The molecule has 0 spiro atoms. The van der Waals surface area contributed by atoms with Gasteiger partial charge in [-0.1, -0.05) is 29.8 Å². The standard InChI is InChI=1S/C23H24ClN5O2/c24-19-6-8-21(9-7-19)29-16-17(15-26-29)14-25-22(30)18-10-12-28(13-11-18)23(31)27-20-4-2-1-3-5-20/h1-9,15-16,18H,10-14H2,(H,25,30)(H,27,31). The predicted octanol–water partition coefficient (Wildman–Crippen LogP) is 4.09. The second-order valence-corrected chi connectivity index (χ2v) is 7.98. The monoisotopic (exact) mass is 437 g/mol. The number of urea groups is 1. The number of halogens is 1. The molecule has 3 amide bonds. The van der Waals surface area contributed by atoms with Gasteiger partial charge in [-0.25, -0.2) is 9.48 Å². The number of para-hydroxylation sites is 1. The number of benzene rings is 2. The van der Waals surface area contributed by atoms with Gasteiger partial charge < -0.3 is 15.5 Å². The Morgan fingerprint density at radius 3 is 2.45 bits per heavy atom. The topological polar surface area (TPSA) is 79.3 Å². The normalized spacial score (nSPS) is 14.3. The maximum absolute atomic E-state index is 12.6. The number of likely N-dealkylation sites (tertiary alicyclic amines) is 1. The molecule has 0 bridgehead atoms. The van der Waals surface area contributed by atoms with Crippen LogP contribution in [0.2, 0.25) is 5.02 Å². The number of nitrogens with zero attached hydrogens (tertiary/aromatic N) is 3. The third-order valence-electron chi connectivity index (χ3n) is 5.37. The summed E-state index contributed by atoms with van der Waals surface area (Å²) in [6.45, 7) is 1.54. The molecule has 0 radical (unpaired) electrons. The Morgan fingerprint density at radius 2 is 1.74 bits per heavy atom. The zero-order valence-electron chi connectivity index (χ0n) is 17.0. The Hall–Kier alpha value is -3.32. The summed E-state index contributed by atoms with van der Waals surface area (Å²) in [5.41, 5.74) is 2.60. The van der Waals surface area contributed by atoms with Crippen LogP contribution in [0.4, 0.5) is 10.5 Å². The molecule has 8 heteroatoms. The van der Waals surface area contributed by atoms with Gasteiger partial charge in [0, 0.05) is 48.0 Å². The largest absolute Gasteiger partial charge is 0.352 e. The summed E-state index contributed by atoms with van der Waals surface area (Å²) in [6, 6.07) is 16.6. The van der Waals surface area contributed by atoms with Crippen LogP contribution in [0.5, 0.6) is 0 Å². The summed E-state index contributed by atoms with van der Waals surface area (Å²) in [7, 11) is 0. The lowest BCUT2D eigenvalue weighted by atomic mass is 9.96. The molecule has 1 aliphatic rings. The number of anilines is 1. The second-order valence-electron chi connectivity index (χ2n) is 7.54. The maximum atomic E-state index is 12.6. The van der Waals surface area contributed by atoms with Gasteiger partial charge >= 0.3 is 6.03 Å². The fraction of sp³-hybridized carbons (Fsp3) is 0.261. The summed E-state index contributed by atoms with van der Waals surface area (Å²) in [5, 5.41) is 10.9. The van der Waals surface area contributed by atoms with Crippen molar-refractivity contribution in [2.24, 2.45) is 5.92 Å². The van der Waals surface area contributed by atoms with Crippen LogP contribution in [-0.4, -0.2) is 39.7 Å². The third kappa shape index (κ3) is 5.44. The first kappa shape index (κ1) is 20.9. The molecule has 4 rings (SSSR count). The molecule has 160 valence electrons. The molecule has 2 N–H and O–H groups in total. The van der Waals surface area contributed by atoms with E-state index in [2.05, 4.69) is 15.7 Å². The van der Waals surface area contributed by atoms with Crippen LogP contribution in [0.15, 0.2) is 67.0 Å². The van der Waals surface area contributed by atoms with Crippen LogP contribution >= 0.6 is 11.6 Å². The Labute approximate surface area is 186 Å². The van der Waals surface area contributed by atoms with Gasteiger partial charge in [-0.15, -0.1) is 0 Å². The Kier molecular flexibility index (Phi) is 6.52. The van der Waals surface area contributed by atoms with Gasteiger partial charge in [-0.3, -0.25) is 4.79 Å². The van der Waals surface area contributed by atoms with Crippen molar-refractivity contribution in [3.63, 3.8) is 0 Å². The van der Waals surface area contributed by atoms with Crippen LogP contribution < -0.4 is 10.6 Å². The number of hydrogen-bond acceptors (Lipinski definition) is 3. The van der Waals surface area contributed by atoms with Gasteiger partial charge in [0.1, 0.15) is 0 Å². The lowest BCUT2D eigenvalue weighted by Crippen LogP contribution is -2.44. The molecule has 3 aromatic rings. The van der Waals surface area contributed by atoms with Crippen LogP contribution in [-0.2, 0) is 11.3 Å². The summed E-state index contributed by atoms with van der Waals surface area (Å²) in [6.07, 6.45) is 4.93. The first-order valence-electron chi connectivity index (χ1n) is 10.3. The van der Waals surface area contributed by atoms with E-state index in [0.29, 0.717) is 37.5 Å². The molecule has 2 heterocycles. The summed E-state index contributed by atoms with van der Waals surface area (Å²) >= 11 is 5.92. The molecule has 1 saturated heterocycles. The van der Waals surface area contributed by atoms with Gasteiger partial charge in [0.25, 0.3) is 0 Å². The van der Waals surface area contributed by atoms with Gasteiger partial charge in [0.15, 0.2) is 0 Å². The number of carbonyl (C=O) groups is 2. The highest BCUT2D eigenvalue weighted by molar-refractivity contribution is 6.30. The van der Waals surface area contributed by atoms with Crippen LogP contribution in [0.3, 0.4) is 0 Å². The number of aromatic nitrogens is 2. The Morgan fingerprint density at radius 1 is 1.03 bits per heavy atom. The van der Waals surface area contributed by atoms with Gasteiger partial charge in [-0.2, -0.15) is 5.10 Å². The van der Waals surface area contributed by atoms with Crippen molar-refractivity contribution in [1.29, 1.82) is 0 Å². The summed E-state index contributed by atoms with van der Waals surface area (Å²) < 4.78 is 1.75. The molecule has 1 aromatic heterocycles. The second kappa shape index (κ2) is 9.66. The van der Waals surface area contributed by atoms with Crippen LogP contribution in [0.1, 0.15) is 18.4 Å². The van der Waals surface area contributed by atoms with Gasteiger partial charge in [0.05, 0.1) is 11.9 Å². The van der Waals surface area contributed by atoms with Crippen molar-refractivity contribution in [3.8, 4) is 5.69 Å². The molecule has 1 aliphatic heterocycles. The van der Waals surface area contributed by atoms with Crippen molar-refractivity contribution in [1.82, 2.24) is 20.0 Å². The zero-order chi connectivity index (χ0) is 21.6. The average Bonchev–Trinajstić information content (AvgIpc) is 3.28. The van der Waals surface area contributed by atoms with E-state index >= 15 is 0 Å². The van der Waals surface area contributed by atoms with E-state index in [9.17, 15) is 9.59 Å². The number of amides is 3. The van der Waals surface area contributed by atoms with Crippen molar-refractivity contribution in [2.45, 2.75) is 19.4 Å². The highest BCUT2D eigenvalue weighted by Gasteiger charge is 2.27. The number of carbonyl (C=O) groups excluding carboxylic acids is 2. The lowest BCUT2D eigenvalue weighted by molar-refractivity contribution is -0.126. The average molecular weight is 438 g/mol. The van der Waals surface area contributed by atoms with E-state index in [1.165, 1.54) is 0 Å². The first-order chi connectivity index (χ1) is 15.1. The molecule has 0 saturated carbocycles. The van der Waals surface area contributed by atoms with Crippen molar-refractivity contribution >= 4 is 29.2 Å². The van der Waals surface area contributed by atoms with E-state index in [-0.39, 0.29) is 17.9 Å². The fourth-order valence-electron chi connectivity index (χ4n) is 3.59. The zero-order valence-corrected chi connectivity index (χ0v) is 17.8. The quantitative estimate of drug-likeness (QED) is 0.631. The molecule has 1 fully saturated rings. The molecule has 7 nitrogen and oxygen atoms in total. The van der Waals surface area contributed by atoms with E-state index in [1.54, 1.807) is 15.8 Å². The van der Waals surface area contributed by atoms with Crippen molar-refractivity contribution in [3.05, 3.63) is 77.6 Å². The van der Waals surface area contributed by atoms with Crippen molar-refractivity contribution in [2.75, 3.05) is 18.4 Å². The van der Waals surface area contributed by atoms with Gasteiger partial charge in [0.2, 0.25) is 5.91 Å². The molecular weight excluding hydrogens is 414 g/mol. The Bertz CT molecular complexity index is 1030. The fourth-order valence-corrected chi connectivity index (χ4v) is 3.71. The minimum absolute atomic E-state index is 0.0161. The van der Waals surface area contributed by atoms with E-state index in [1.807, 2.05) is 60.8 Å². The Balaban J connectivity index is 1.23. The molecular formula is C23H24ClN5O2. The lowest BCUT2D eigenvalue weighted by Gasteiger charge is -2.31. The predicted molar refractivity (Wildman–Crippen MR) is 120 cm³/mol. The highest BCUT2D eigenvalue weighted by atomic mass is 35.5. The summed E-state index contributed by atoms with van der Waals surface area (Å²) in [4.78, 5) is 26.7. The first-order valence-corrected chi connectivity index (χ1v) is 10.6. The minimum atomic E-state index is -0.125. The number of rotatable bonds is 5. The smallest absolute Gasteiger partial charge is 0.321 e. The van der Waals surface area contributed by atoms with Crippen molar-refractivity contribution < 1.29 is 9.59 Å². The number of nitrogens with one attached hydrogen (secondary N) is 2. The van der Waals surface area contributed by atoms with E-state index < -0.39 is 0 Å². The van der Waals surface area contributed by atoms with E-state index in [4.69, 9.17) is 11.6 Å².